The lowest BCUT2D eigenvalue weighted by Crippen LogP contribution is -2.44. The minimum Gasteiger partial charge on any atom is -0.434 e. The maximum atomic E-state index is 15.5. The molecule has 1 aliphatic rings. The van der Waals surface area contributed by atoms with Gasteiger partial charge in [-0.3, -0.25) is 0 Å². The van der Waals surface area contributed by atoms with Crippen LogP contribution in [0.2, 0.25) is 0 Å². The Bertz CT molecular complexity index is 1370. The lowest BCUT2D eigenvalue weighted by atomic mass is 10.0. The highest BCUT2D eigenvalue weighted by molar-refractivity contribution is 5.84. The van der Waals surface area contributed by atoms with Gasteiger partial charge in [0.05, 0.1) is 17.3 Å². The molecule has 3 N–H and O–H groups in total. The van der Waals surface area contributed by atoms with E-state index in [0.717, 1.165) is 43.6 Å². The number of piperazine rings is 1. The van der Waals surface area contributed by atoms with E-state index >= 15 is 8.78 Å². The molecular weight excluding hydrogens is 464 g/mol. The summed E-state index contributed by atoms with van der Waals surface area (Å²) in [6.45, 7) is 12.4. The molecular formula is C26H29F2N7O. The van der Waals surface area contributed by atoms with Crippen LogP contribution in [0, 0.1) is 29.9 Å². The van der Waals surface area contributed by atoms with Crippen molar-refractivity contribution in [3.8, 4) is 17.7 Å². The standard InChI is InChI=1S/C26H29F2N7O/c1-5-6-20(34-9-7-31-8-10-34)23(30)24-18(13-29)26(33-14-32-24)36-21-12-19(27)25-17(22(21)28)11-16(4)35(25)15(2)3/h5-6,11-12,14-15,23,31H,1,7-10,30H2,2-4H3/b20-6+. The molecule has 1 fully saturated rings. The van der Waals surface area contributed by atoms with Crippen molar-refractivity contribution in [3.63, 3.8) is 0 Å². The number of aryl methyl sites for hydroxylation is 1. The van der Waals surface area contributed by atoms with Crippen LogP contribution in [-0.2, 0) is 0 Å². The monoisotopic (exact) mass is 493 g/mol. The molecule has 1 aliphatic heterocycles. The number of nitrogens with two attached hydrogens (primary N) is 1. The molecule has 10 heteroatoms. The summed E-state index contributed by atoms with van der Waals surface area (Å²) in [5.74, 6) is -1.95. The Morgan fingerprint density at radius 3 is 2.64 bits per heavy atom. The van der Waals surface area contributed by atoms with Crippen LogP contribution in [0.5, 0.6) is 11.6 Å². The molecule has 0 radical (unpaired) electrons. The first kappa shape index (κ1) is 25.3. The first-order chi connectivity index (χ1) is 17.3. The van der Waals surface area contributed by atoms with Crippen molar-refractivity contribution in [2.75, 3.05) is 26.2 Å². The molecule has 1 aromatic carbocycles. The van der Waals surface area contributed by atoms with Crippen LogP contribution in [-0.4, -0.2) is 45.6 Å². The number of allylic oxidation sites excluding steroid dienone is 2. The molecule has 8 nitrogen and oxygen atoms in total. The Morgan fingerprint density at radius 2 is 2.00 bits per heavy atom. The van der Waals surface area contributed by atoms with Gasteiger partial charge in [-0.2, -0.15) is 5.26 Å². The fourth-order valence-electron chi connectivity index (χ4n) is 4.68. The Hall–Kier alpha value is -3.81. The lowest BCUT2D eigenvalue weighted by Gasteiger charge is -2.34. The van der Waals surface area contributed by atoms with Crippen molar-refractivity contribution in [3.05, 3.63) is 71.5 Å². The zero-order valence-corrected chi connectivity index (χ0v) is 20.6. The second kappa shape index (κ2) is 10.4. The SMILES string of the molecule is C=C/C=C(\C(N)c1ncnc(Oc2cc(F)c3c(cc(C)n3C(C)C)c2F)c1C#N)N1CCNCC1. The first-order valence-corrected chi connectivity index (χ1v) is 11.7. The number of hydrogen-bond acceptors (Lipinski definition) is 7. The number of benzene rings is 1. The Labute approximate surface area is 208 Å². The third kappa shape index (κ3) is 4.55. The summed E-state index contributed by atoms with van der Waals surface area (Å²) in [4.78, 5) is 10.4. The number of nitriles is 1. The van der Waals surface area contributed by atoms with E-state index in [9.17, 15) is 5.26 Å². The van der Waals surface area contributed by atoms with E-state index in [1.54, 1.807) is 29.7 Å². The van der Waals surface area contributed by atoms with Gasteiger partial charge in [0.15, 0.2) is 17.4 Å². The fourth-order valence-corrected chi connectivity index (χ4v) is 4.68. The number of ether oxygens (including phenoxy) is 1. The van der Waals surface area contributed by atoms with Crippen LogP contribution in [0.1, 0.15) is 42.9 Å². The van der Waals surface area contributed by atoms with Gasteiger partial charge in [-0.15, -0.1) is 0 Å². The number of rotatable bonds is 7. The molecule has 0 saturated carbocycles. The third-order valence-corrected chi connectivity index (χ3v) is 6.23. The van der Waals surface area contributed by atoms with Crippen molar-refractivity contribution < 1.29 is 13.5 Å². The fraction of sp³-hybridized carbons (Fsp3) is 0.346. The van der Waals surface area contributed by atoms with Gasteiger partial charge >= 0.3 is 0 Å². The van der Waals surface area contributed by atoms with Gasteiger partial charge in [0.1, 0.15) is 18.0 Å². The zero-order valence-electron chi connectivity index (χ0n) is 20.6. The molecule has 0 amide bonds. The van der Waals surface area contributed by atoms with Crippen LogP contribution >= 0.6 is 0 Å². The number of hydrogen-bond donors (Lipinski definition) is 2. The quantitative estimate of drug-likeness (QED) is 0.475. The predicted octanol–water partition coefficient (Wildman–Crippen LogP) is 4.24. The number of fused-ring (bicyclic) bond motifs is 1. The highest BCUT2D eigenvalue weighted by atomic mass is 19.1. The third-order valence-electron chi connectivity index (χ3n) is 6.23. The average Bonchev–Trinajstić information content (AvgIpc) is 3.23. The van der Waals surface area contributed by atoms with Crippen molar-refractivity contribution in [1.82, 2.24) is 24.8 Å². The minimum atomic E-state index is -0.784. The van der Waals surface area contributed by atoms with Crippen LogP contribution in [0.4, 0.5) is 8.78 Å². The van der Waals surface area contributed by atoms with E-state index in [1.807, 2.05) is 19.9 Å². The first-order valence-electron chi connectivity index (χ1n) is 11.7. The topological polar surface area (TPSA) is 105 Å². The average molecular weight is 494 g/mol. The predicted molar refractivity (Wildman–Crippen MR) is 133 cm³/mol. The molecule has 1 saturated heterocycles. The Morgan fingerprint density at radius 1 is 1.28 bits per heavy atom. The van der Waals surface area contributed by atoms with Crippen LogP contribution in [0.3, 0.4) is 0 Å². The molecule has 4 rings (SSSR count). The zero-order chi connectivity index (χ0) is 26.0. The molecule has 1 atom stereocenters. The second-order valence-electron chi connectivity index (χ2n) is 8.88. The molecule has 1 unspecified atom stereocenters. The van der Waals surface area contributed by atoms with Gasteiger partial charge in [-0.1, -0.05) is 12.7 Å². The molecule has 188 valence electrons. The number of aromatic nitrogens is 3. The van der Waals surface area contributed by atoms with Gasteiger partial charge in [0, 0.05) is 55.1 Å². The largest absolute Gasteiger partial charge is 0.434 e. The van der Waals surface area contributed by atoms with Gasteiger partial charge in [-0.25, -0.2) is 18.7 Å². The smallest absolute Gasteiger partial charge is 0.240 e. The maximum Gasteiger partial charge on any atom is 0.240 e. The molecule has 3 aromatic rings. The van der Waals surface area contributed by atoms with Crippen LogP contribution in [0.25, 0.3) is 10.9 Å². The van der Waals surface area contributed by atoms with Gasteiger partial charge in [0.25, 0.3) is 0 Å². The van der Waals surface area contributed by atoms with E-state index in [-0.39, 0.29) is 39.8 Å². The summed E-state index contributed by atoms with van der Waals surface area (Å²) in [5, 5.41) is 13.3. The van der Waals surface area contributed by atoms with Gasteiger partial charge in [-0.05, 0) is 32.9 Å². The summed E-state index contributed by atoms with van der Waals surface area (Å²) < 4.78 is 38.0. The van der Waals surface area contributed by atoms with Crippen molar-refractivity contribution in [2.24, 2.45) is 5.73 Å². The summed E-state index contributed by atoms with van der Waals surface area (Å²) in [5.41, 5.74) is 8.34. The molecule has 0 bridgehead atoms. The van der Waals surface area contributed by atoms with E-state index in [2.05, 4.69) is 26.8 Å². The molecule has 0 aliphatic carbocycles. The van der Waals surface area contributed by atoms with Crippen molar-refractivity contribution in [2.45, 2.75) is 32.9 Å². The van der Waals surface area contributed by atoms with Gasteiger partial charge < -0.3 is 25.3 Å². The maximum absolute atomic E-state index is 15.5. The van der Waals surface area contributed by atoms with E-state index < -0.39 is 17.7 Å². The molecule has 0 spiro atoms. The summed E-state index contributed by atoms with van der Waals surface area (Å²) in [7, 11) is 0. The summed E-state index contributed by atoms with van der Waals surface area (Å²) in [6, 6.07) is 3.73. The minimum absolute atomic E-state index is 0.0501. The normalized spacial score (nSPS) is 15.3. The van der Waals surface area contributed by atoms with Crippen LogP contribution < -0.4 is 15.8 Å². The second-order valence-corrected chi connectivity index (χ2v) is 8.88. The van der Waals surface area contributed by atoms with E-state index in [1.165, 1.54) is 6.33 Å². The Balaban J connectivity index is 1.75. The summed E-state index contributed by atoms with van der Waals surface area (Å²) >= 11 is 0. The van der Waals surface area contributed by atoms with Crippen molar-refractivity contribution in [1.29, 1.82) is 5.26 Å². The van der Waals surface area contributed by atoms with Crippen molar-refractivity contribution >= 4 is 10.9 Å². The van der Waals surface area contributed by atoms with E-state index in [0.29, 0.717) is 0 Å². The number of nitrogens with one attached hydrogen (secondary N) is 1. The number of halogens is 2. The molecule has 36 heavy (non-hydrogen) atoms. The summed E-state index contributed by atoms with van der Waals surface area (Å²) in [6.07, 6.45) is 4.60. The number of nitrogens with zero attached hydrogens (tertiary/aromatic N) is 5. The van der Waals surface area contributed by atoms with Crippen LogP contribution in [0.15, 0.2) is 42.9 Å². The van der Waals surface area contributed by atoms with Gasteiger partial charge in [0.2, 0.25) is 5.88 Å². The highest BCUT2D eigenvalue weighted by Crippen LogP contribution is 2.36. The lowest BCUT2D eigenvalue weighted by molar-refractivity contribution is 0.282. The Kier molecular flexibility index (Phi) is 7.33. The van der Waals surface area contributed by atoms with E-state index in [4.69, 9.17) is 10.5 Å². The molecule has 3 heterocycles. The highest BCUT2D eigenvalue weighted by Gasteiger charge is 2.27. The molecule has 2 aromatic heterocycles.